The number of rotatable bonds is 7. The molecule has 2 fully saturated rings. The third kappa shape index (κ3) is 4.83. The van der Waals surface area contributed by atoms with Crippen LogP contribution in [0.3, 0.4) is 0 Å². The Hall–Kier alpha value is -2.85. The number of aromatic nitrogens is 1. The number of likely N-dealkylation sites (tertiary alicyclic amines) is 1. The second-order valence-electron chi connectivity index (χ2n) is 9.34. The number of amides is 2. The number of alkyl halides is 1. The smallest absolute Gasteiger partial charge is 0.251 e. The number of carbonyl (C=O) groups excluding carboxylic acids is 3. The molecule has 0 aliphatic carbocycles. The molecule has 4 atom stereocenters. The Balaban J connectivity index is 1.48. The molecule has 4 rings (SSSR count). The molecule has 182 valence electrons. The molecular weight excluding hydrogens is 459 g/mol. The summed E-state index contributed by atoms with van der Waals surface area (Å²) in [6.07, 6.45) is -1.96. The summed E-state index contributed by atoms with van der Waals surface area (Å²) < 4.78 is 19.6. The van der Waals surface area contributed by atoms with Gasteiger partial charge in [0.1, 0.15) is 31.0 Å². The molecule has 0 radical (unpaired) electrons. The number of fused-ring (bicyclic) bond motifs is 1. The van der Waals surface area contributed by atoms with Gasteiger partial charge in [0, 0.05) is 30.6 Å². The van der Waals surface area contributed by atoms with Crippen molar-refractivity contribution in [3.8, 4) is 11.3 Å². The summed E-state index contributed by atoms with van der Waals surface area (Å²) in [6, 6.07) is 5.22. The van der Waals surface area contributed by atoms with Crippen molar-refractivity contribution >= 4 is 34.1 Å². The van der Waals surface area contributed by atoms with E-state index in [1.165, 1.54) is 16.2 Å². The Kier molecular flexibility index (Phi) is 6.99. The van der Waals surface area contributed by atoms with Gasteiger partial charge in [-0.15, -0.1) is 11.3 Å². The van der Waals surface area contributed by atoms with E-state index >= 15 is 0 Å². The van der Waals surface area contributed by atoms with Gasteiger partial charge in [0.2, 0.25) is 5.91 Å². The Labute approximate surface area is 202 Å². The van der Waals surface area contributed by atoms with Crippen molar-refractivity contribution < 1.29 is 23.5 Å². The van der Waals surface area contributed by atoms with Crippen molar-refractivity contribution in [3.63, 3.8) is 0 Å². The van der Waals surface area contributed by atoms with Gasteiger partial charge in [-0.25, -0.2) is 9.37 Å². The highest BCUT2D eigenvalue weighted by Crippen LogP contribution is 2.31. The van der Waals surface area contributed by atoms with Crippen LogP contribution in [-0.2, 0) is 14.3 Å². The quantitative estimate of drug-likeness (QED) is 0.644. The molecule has 0 spiro atoms. The largest absolute Gasteiger partial charge is 0.365 e. The Morgan fingerprint density at radius 3 is 2.62 bits per heavy atom. The number of anilines is 1. The summed E-state index contributed by atoms with van der Waals surface area (Å²) in [5.74, 6) is -1.06. The van der Waals surface area contributed by atoms with Gasteiger partial charge < -0.3 is 19.9 Å². The van der Waals surface area contributed by atoms with E-state index in [1.807, 2.05) is 50.4 Å². The molecule has 2 amide bonds. The highest BCUT2D eigenvalue weighted by Gasteiger charge is 2.53. The maximum atomic E-state index is 14.4. The number of carbonyl (C=O) groups is 3. The molecule has 2 unspecified atom stereocenters. The van der Waals surface area contributed by atoms with Gasteiger partial charge in [0.25, 0.3) is 5.91 Å². The Morgan fingerprint density at radius 2 is 2.00 bits per heavy atom. The molecule has 34 heavy (non-hydrogen) atoms. The number of nitrogens with one attached hydrogen (secondary N) is 1. The zero-order chi connectivity index (χ0) is 24.6. The average Bonchev–Trinajstić information content (AvgIpc) is 3.51. The summed E-state index contributed by atoms with van der Waals surface area (Å²) in [5, 5.41) is 5.65. The third-order valence-corrected chi connectivity index (χ3v) is 7.04. The van der Waals surface area contributed by atoms with E-state index in [0.717, 1.165) is 16.4 Å². The van der Waals surface area contributed by atoms with Crippen LogP contribution in [0.5, 0.6) is 0 Å². The van der Waals surface area contributed by atoms with Crippen molar-refractivity contribution in [2.75, 3.05) is 32.1 Å². The van der Waals surface area contributed by atoms with Crippen molar-refractivity contribution in [1.82, 2.24) is 15.2 Å². The molecule has 1 aromatic heterocycles. The molecular formula is C24H29FN4O4S. The number of hydrogen-bond acceptors (Lipinski definition) is 7. The molecule has 8 nitrogen and oxygen atoms in total. The highest BCUT2D eigenvalue weighted by molar-refractivity contribution is 7.14. The molecule has 2 aliphatic heterocycles. The minimum Gasteiger partial charge on any atom is -0.365 e. The lowest BCUT2D eigenvalue weighted by Crippen LogP contribution is -2.52. The van der Waals surface area contributed by atoms with Gasteiger partial charge in [-0.1, -0.05) is 26.0 Å². The Bertz CT molecular complexity index is 1070. The van der Waals surface area contributed by atoms with Crippen LogP contribution >= 0.6 is 11.3 Å². The standard InChI is InChI=1S/C24H29FN4O4S/c1-13(2)9-17(23(32)29-10-16(25)21-20(29)19(30)11-33-21)26-22(31)15-7-5-14(6-8-15)18-12-34-24(27-18)28(3)4/h5-8,12-13,16-17,20-21H,9-11H2,1-4H3,(H,26,31)/t16-,17?,20?,21+/m0/s1. The topological polar surface area (TPSA) is 91.8 Å². The monoisotopic (exact) mass is 488 g/mol. The second-order valence-corrected chi connectivity index (χ2v) is 10.2. The minimum atomic E-state index is -1.41. The molecule has 0 saturated carbocycles. The first-order valence-corrected chi connectivity index (χ1v) is 12.2. The number of nitrogens with zero attached hydrogens (tertiary/aromatic N) is 3. The number of halogens is 1. The number of Topliss-reactive ketones (excluding diaryl/α,β-unsaturated/α-hetero) is 1. The fourth-order valence-electron chi connectivity index (χ4n) is 4.35. The molecule has 0 bridgehead atoms. The van der Waals surface area contributed by atoms with Crippen molar-refractivity contribution in [2.45, 2.75) is 44.6 Å². The number of benzene rings is 1. The zero-order valence-corrected chi connectivity index (χ0v) is 20.5. The van der Waals surface area contributed by atoms with Crippen LogP contribution in [-0.4, -0.2) is 79.1 Å². The van der Waals surface area contributed by atoms with Gasteiger partial charge in [0.05, 0.1) is 12.2 Å². The van der Waals surface area contributed by atoms with Gasteiger partial charge in [0.15, 0.2) is 10.9 Å². The molecule has 10 heteroatoms. The van der Waals surface area contributed by atoms with Crippen molar-refractivity contribution in [1.29, 1.82) is 0 Å². The normalized spacial score (nSPS) is 22.7. The summed E-state index contributed by atoms with van der Waals surface area (Å²) in [6.45, 7) is 3.47. The van der Waals surface area contributed by atoms with E-state index < -0.39 is 36.2 Å². The van der Waals surface area contributed by atoms with Crippen LogP contribution in [0.4, 0.5) is 9.52 Å². The average molecular weight is 489 g/mol. The van der Waals surface area contributed by atoms with E-state index in [1.54, 1.807) is 12.1 Å². The summed E-state index contributed by atoms with van der Waals surface area (Å²) >= 11 is 1.53. The van der Waals surface area contributed by atoms with E-state index in [4.69, 9.17) is 4.74 Å². The van der Waals surface area contributed by atoms with Crippen LogP contribution < -0.4 is 10.2 Å². The van der Waals surface area contributed by atoms with Crippen molar-refractivity contribution in [2.24, 2.45) is 5.92 Å². The van der Waals surface area contributed by atoms with E-state index in [0.29, 0.717) is 12.0 Å². The molecule has 2 saturated heterocycles. The highest BCUT2D eigenvalue weighted by atomic mass is 32.1. The van der Waals surface area contributed by atoms with Gasteiger partial charge in [-0.3, -0.25) is 14.4 Å². The van der Waals surface area contributed by atoms with Crippen LogP contribution in [0.15, 0.2) is 29.6 Å². The Morgan fingerprint density at radius 1 is 1.29 bits per heavy atom. The first-order valence-electron chi connectivity index (χ1n) is 11.3. The molecule has 3 heterocycles. The lowest BCUT2D eigenvalue weighted by atomic mass is 10.0. The van der Waals surface area contributed by atoms with Gasteiger partial charge in [-0.05, 0) is 24.5 Å². The second kappa shape index (κ2) is 9.79. The van der Waals surface area contributed by atoms with Crippen LogP contribution in [0.2, 0.25) is 0 Å². The minimum absolute atomic E-state index is 0.0993. The zero-order valence-electron chi connectivity index (χ0n) is 19.7. The predicted molar refractivity (Wildman–Crippen MR) is 128 cm³/mol. The molecule has 1 N–H and O–H groups in total. The maximum Gasteiger partial charge on any atom is 0.251 e. The lowest BCUT2D eigenvalue weighted by molar-refractivity contribution is -0.138. The van der Waals surface area contributed by atoms with Gasteiger partial charge >= 0.3 is 0 Å². The van der Waals surface area contributed by atoms with E-state index in [-0.39, 0.29) is 24.9 Å². The number of ether oxygens (including phenoxy) is 1. The first kappa shape index (κ1) is 24.3. The van der Waals surface area contributed by atoms with E-state index in [2.05, 4.69) is 10.3 Å². The fraction of sp³-hybridized carbons (Fsp3) is 0.500. The first-order chi connectivity index (χ1) is 16.2. The van der Waals surface area contributed by atoms with Crippen LogP contribution in [0.25, 0.3) is 11.3 Å². The molecule has 1 aromatic carbocycles. The molecule has 2 aromatic rings. The predicted octanol–water partition coefficient (Wildman–Crippen LogP) is 2.54. The van der Waals surface area contributed by atoms with Crippen LogP contribution in [0.1, 0.15) is 30.6 Å². The molecule has 2 aliphatic rings. The number of ketones is 1. The summed E-state index contributed by atoms with van der Waals surface area (Å²) in [4.78, 5) is 46.2. The fourth-order valence-corrected chi connectivity index (χ4v) is 5.12. The number of thiazole rings is 1. The number of hydrogen-bond donors (Lipinski definition) is 1. The third-order valence-electron chi connectivity index (χ3n) is 6.03. The van der Waals surface area contributed by atoms with E-state index in [9.17, 15) is 18.8 Å². The SMILES string of the molecule is CC(C)CC(NC(=O)c1ccc(-c2csc(N(C)C)n2)cc1)C(=O)N1C[C@H](F)[C@H]2OCC(=O)C21. The van der Waals surface area contributed by atoms with Gasteiger partial charge in [-0.2, -0.15) is 0 Å². The summed E-state index contributed by atoms with van der Waals surface area (Å²) in [7, 11) is 3.85. The summed E-state index contributed by atoms with van der Waals surface area (Å²) in [5.41, 5.74) is 2.10. The van der Waals surface area contributed by atoms with Crippen molar-refractivity contribution in [3.05, 3.63) is 35.2 Å². The lowest BCUT2D eigenvalue weighted by Gasteiger charge is -2.28. The maximum absolute atomic E-state index is 14.4. The van der Waals surface area contributed by atoms with Crippen LogP contribution in [0, 0.1) is 5.92 Å².